The highest BCUT2D eigenvalue weighted by atomic mass is 16.5. The van der Waals surface area contributed by atoms with E-state index < -0.39 is 0 Å². The third-order valence-electron chi connectivity index (χ3n) is 3.39. The van der Waals surface area contributed by atoms with E-state index in [2.05, 4.69) is 17.2 Å². The molecule has 0 unspecified atom stereocenters. The van der Waals surface area contributed by atoms with Crippen molar-refractivity contribution in [1.29, 1.82) is 0 Å². The number of ether oxygens (including phenoxy) is 1. The van der Waals surface area contributed by atoms with Crippen molar-refractivity contribution in [3.8, 4) is 5.75 Å². The van der Waals surface area contributed by atoms with Gasteiger partial charge in [0.15, 0.2) is 0 Å². The first-order chi connectivity index (χ1) is 7.20. The Morgan fingerprint density at radius 1 is 1.47 bits per heavy atom. The molecule has 0 saturated heterocycles. The van der Waals surface area contributed by atoms with Crippen LogP contribution >= 0.6 is 0 Å². The molecule has 4 nitrogen and oxygen atoms in total. The van der Waals surface area contributed by atoms with Crippen molar-refractivity contribution in [2.75, 3.05) is 0 Å². The number of hydrogen-bond acceptors (Lipinski definition) is 3. The Bertz CT molecular complexity index is 448. The molecule has 2 heterocycles. The molecular formula is C11H14N2O2. The van der Waals surface area contributed by atoms with Gasteiger partial charge < -0.3 is 15.0 Å². The van der Waals surface area contributed by atoms with Crippen molar-refractivity contribution < 1.29 is 4.74 Å². The third-order valence-corrected chi connectivity index (χ3v) is 3.39. The van der Waals surface area contributed by atoms with Crippen LogP contribution in [0.25, 0.3) is 0 Å². The number of fused-ring (bicyclic) bond motifs is 1. The minimum absolute atomic E-state index is 0.0243. The fourth-order valence-electron chi connectivity index (χ4n) is 2.14. The summed E-state index contributed by atoms with van der Waals surface area (Å²) in [4.78, 5) is 14.0. The van der Waals surface area contributed by atoms with Crippen LogP contribution in [0.15, 0.2) is 16.9 Å². The van der Waals surface area contributed by atoms with Gasteiger partial charge in [-0.05, 0) is 25.8 Å². The first-order valence-electron chi connectivity index (χ1n) is 5.34. The first-order valence-corrected chi connectivity index (χ1v) is 5.34. The third kappa shape index (κ3) is 1.36. The van der Waals surface area contributed by atoms with Crippen LogP contribution in [0.2, 0.25) is 0 Å². The van der Waals surface area contributed by atoms with Gasteiger partial charge in [-0.3, -0.25) is 4.79 Å². The number of rotatable bonds is 0. The zero-order valence-corrected chi connectivity index (χ0v) is 8.67. The maximum atomic E-state index is 11.2. The van der Waals surface area contributed by atoms with Gasteiger partial charge in [0.05, 0.1) is 5.69 Å². The van der Waals surface area contributed by atoms with Crippen LogP contribution in [0, 0.1) is 0 Å². The predicted molar refractivity (Wildman–Crippen MR) is 56.0 cm³/mol. The molecule has 0 aromatic carbocycles. The lowest BCUT2D eigenvalue weighted by Crippen LogP contribution is -2.40. The summed E-state index contributed by atoms with van der Waals surface area (Å²) in [7, 11) is 0. The Balaban J connectivity index is 2.03. The van der Waals surface area contributed by atoms with Crippen molar-refractivity contribution in [3.05, 3.63) is 28.2 Å². The molecule has 3 rings (SSSR count). The largest absolute Gasteiger partial charge is 0.484 e. The molecule has 1 aromatic rings. The SMILES string of the molecule is C[C@H]1NCc2[nH]c(=O)ccc2OC12CC2. The molecule has 2 N–H and O–H groups in total. The lowest BCUT2D eigenvalue weighted by atomic mass is 10.1. The van der Waals surface area contributed by atoms with E-state index in [9.17, 15) is 4.79 Å². The van der Waals surface area contributed by atoms with Crippen LogP contribution in [0.3, 0.4) is 0 Å². The fourth-order valence-corrected chi connectivity index (χ4v) is 2.14. The van der Waals surface area contributed by atoms with Gasteiger partial charge in [-0.15, -0.1) is 0 Å². The van der Waals surface area contributed by atoms with Gasteiger partial charge in [0.1, 0.15) is 11.4 Å². The highest BCUT2D eigenvalue weighted by molar-refractivity contribution is 5.31. The second kappa shape index (κ2) is 2.85. The van der Waals surface area contributed by atoms with Gasteiger partial charge in [0.25, 0.3) is 0 Å². The van der Waals surface area contributed by atoms with Crippen LogP contribution < -0.4 is 15.6 Å². The molecule has 80 valence electrons. The summed E-state index contributed by atoms with van der Waals surface area (Å²) >= 11 is 0. The predicted octanol–water partition coefficient (Wildman–Crippen LogP) is 0.778. The van der Waals surface area contributed by atoms with Crippen molar-refractivity contribution in [3.63, 3.8) is 0 Å². The van der Waals surface area contributed by atoms with Gasteiger partial charge >= 0.3 is 0 Å². The molecule has 0 radical (unpaired) electrons. The van der Waals surface area contributed by atoms with Gasteiger partial charge in [0, 0.05) is 18.7 Å². The molecule has 2 aliphatic rings. The van der Waals surface area contributed by atoms with E-state index in [0.717, 1.165) is 24.3 Å². The van der Waals surface area contributed by atoms with Crippen molar-refractivity contribution >= 4 is 0 Å². The lowest BCUT2D eigenvalue weighted by molar-refractivity contribution is 0.145. The molecular weight excluding hydrogens is 192 g/mol. The molecule has 1 fully saturated rings. The summed E-state index contributed by atoms with van der Waals surface area (Å²) in [5.74, 6) is 0.823. The summed E-state index contributed by atoms with van der Waals surface area (Å²) in [5, 5.41) is 3.39. The van der Waals surface area contributed by atoms with E-state index in [1.165, 1.54) is 6.07 Å². The van der Waals surface area contributed by atoms with E-state index >= 15 is 0 Å². The standard InChI is InChI=1S/C11H14N2O2/c1-7-11(4-5-11)15-9-2-3-10(14)13-8(9)6-12-7/h2-3,7,12H,4-6H2,1H3,(H,13,14)/t7-/m1/s1. The summed E-state index contributed by atoms with van der Waals surface area (Å²) in [5.41, 5.74) is 0.764. The monoisotopic (exact) mass is 206 g/mol. The second-order valence-electron chi connectivity index (χ2n) is 4.43. The molecule has 1 saturated carbocycles. The van der Waals surface area contributed by atoms with E-state index in [-0.39, 0.29) is 11.2 Å². The molecule has 1 aliphatic carbocycles. The molecule has 4 heteroatoms. The van der Waals surface area contributed by atoms with E-state index in [1.807, 2.05) is 0 Å². The van der Waals surface area contributed by atoms with Crippen LogP contribution in [0.5, 0.6) is 5.75 Å². The van der Waals surface area contributed by atoms with E-state index in [1.54, 1.807) is 6.07 Å². The molecule has 1 atom stereocenters. The zero-order chi connectivity index (χ0) is 10.5. The molecule has 1 spiro atoms. The first kappa shape index (κ1) is 8.97. The maximum absolute atomic E-state index is 11.2. The van der Waals surface area contributed by atoms with Gasteiger partial charge in [-0.2, -0.15) is 0 Å². The van der Waals surface area contributed by atoms with Crippen LogP contribution in [-0.2, 0) is 6.54 Å². The van der Waals surface area contributed by atoms with Crippen molar-refractivity contribution in [1.82, 2.24) is 10.3 Å². The lowest BCUT2D eigenvalue weighted by Gasteiger charge is -2.21. The van der Waals surface area contributed by atoms with Crippen molar-refractivity contribution in [2.45, 2.75) is 38.0 Å². The quantitative estimate of drug-likeness (QED) is 0.659. The number of aromatic amines is 1. The summed E-state index contributed by atoms with van der Waals surface area (Å²) in [6.45, 7) is 2.81. The zero-order valence-electron chi connectivity index (χ0n) is 8.67. The number of aromatic nitrogens is 1. The number of hydrogen-bond donors (Lipinski definition) is 2. The molecule has 0 amide bonds. The maximum Gasteiger partial charge on any atom is 0.248 e. The molecule has 1 aromatic heterocycles. The number of nitrogens with one attached hydrogen (secondary N) is 2. The van der Waals surface area contributed by atoms with E-state index in [4.69, 9.17) is 4.74 Å². The Hall–Kier alpha value is -1.29. The van der Waals surface area contributed by atoms with Crippen molar-refractivity contribution in [2.24, 2.45) is 0 Å². The van der Waals surface area contributed by atoms with Gasteiger partial charge in [-0.25, -0.2) is 0 Å². The number of pyridine rings is 1. The second-order valence-corrected chi connectivity index (χ2v) is 4.43. The van der Waals surface area contributed by atoms with E-state index in [0.29, 0.717) is 12.6 Å². The number of H-pyrrole nitrogens is 1. The average Bonchev–Trinajstić information content (AvgIpc) is 2.99. The average molecular weight is 206 g/mol. The fraction of sp³-hybridized carbons (Fsp3) is 0.545. The normalized spacial score (nSPS) is 26.6. The Morgan fingerprint density at radius 3 is 3.00 bits per heavy atom. The van der Waals surface area contributed by atoms with Gasteiger partial charge in [-0.1, -0.05) is 0 Å². The highest BCUT2D eigenvalue weighted by Gasteiger charge is 2.51. The smallest absolute Gasteiger partial charge is 0.248 e. The Labute approximate surface area is 87.7 Å². The Morgan fingerprint density at radius 2 is 2.27 bits per heavy atom. The Kier molecular flexibility index (Phi) is 1.71. The van der Waals surface area contributed by atoms with Crippen LogP contribution in [0.1, 0.15) is 25.5 Å². The summed E-state index contributed by atoms with van der Waals surface area (Å²) in [6.07, 6.45) is 2.19. The summed E-state index contributed by atoms with van der Waals surface area (Å²) in [6, 6.07) is 3.63. The van der Waals surface area contributed by atoms with Crippen LogP contribution in [-0.4, -0.2) is 16.6 Å². The molecule has 15 heavy (non-hydrogen) atoms. The molecule has 1 aliphatic heterocycles. The molecule has 0 bridgehead atoms. The highest BCUT2D eigenvalue weighted by Crippen LogP contribution is 2.44. The minimum atomic E-state index is -0.0708. The topological polar surface area (TPSA) is 54.1 Å². The summed E-state index contributed by atoms with van der Waals surface area (Å²) < 4.78 is 5.99. The van der Waals surface area contributed by atoms with Crippen LogP contribution in [0.4, 0.5) is 0 Å². The van der Waals surface area contributed by atoms with Gasteiger partial charge in [0.2, 0.25) is 5.56 Å². The minimum Gasteiger partial charge on any atom is -0.484 e.